The van der Waals surface area contributed by atoms with Crippen LogP contribution < -0.4 is 4.90 Å². The van der Waals surface area contributed by atoms with E-state index in [0.29, 0.717) is 6.54 Å². The molecule has 0 N–H and O–H groups in total. The summed E-state index contributed by atoms with van der Waals surface area (Å²) in [5, 5.41) is 0.848. The van der Waals surface area contributed by atoms with Crippen molar-refractivity contribution < 1.29 is 4.79 Å². The second kappa shape index (κ2) is 9.52. The van der Waals surface area contributed by atoms with Gasteiger partial charge in [0.15, 0.2) is 5.13 Å². The molecule has 0 aliphatic heterocycles. The van der Waals surface area contributed by atoms with Gasteiger partial charge in [-0.05, 0) is 43.4 Å². The number of nitrogens with zero attached hydrogens (tertiary/aromatic N) is 4. The maximum absolute atomic E-state index is 13.2. The van der Waals surface area contributed by atoms with Crippen molar-refractivity contribution in [3.63, 3.8) is 0 Å². The molecule has 28 heavy (non-hydrogen) atoms. The standard InChI is InChI=1S/C21H26N4OS.ClH/c1-2-16-8-9-18-19(14-16)27-21(23-18)25(20(26)17-6-3-4-7-17)12-5-11-24-13-10-22-15-24;/h8-10,13-15,17H,2-7,11-12H2,1H3;1H. The van der Waals surface area contributed by atoms with Gasteiger partial charge in [-0.25, -0.2) is 9.97 Å². The number of hydrogen-bond acceptors (Lipinski definition) is 4. The van der Waals surface area contributed by atoms with Gasteiger partial charge in [-0.15, -0.1) is 12.4 Å². The summed E-state index contributed by atoms with van der Waals surface area (Å²) in [6.45, 7) is 3.72. The summed E-state index contributed by atoms with van der Waals surface area (Å²) in [6.07, 6.45) is 11.9. The van der Waals surface area contributed by atoms with Crippen molar-refractivity contribution in [2.45, 2.75) is 52.0 Å². The molecule has 1 saturated carbocycles. The van der Waals surface area contributed by atoms with Gasteiger partial charge in [-0.3, -0.25) is 9.69 Å². The normalized spacial score (nSPS) is 14.3. The zero-order chi connectivity index (χ0) is 18.6. The predicted molar refractivity (Wildman–Crippen MR) is 117 cm³/mol. The van der Waals surface area contributed by atoms with E-state index < -0.39 is 0 Å². The van der Waals surface area contributed by atoms with Gasteiger partial charge in [0.2, 0.25) is 5.91 Å². The number of fused-ring (bicyclic) bond motifs is 1. The van der Waals surface area contributed by atoms with Gasteiger partial charge in [0.1, 0.15) is 0 Å². The Morgan fingerprint density at radius 2 is 2.14 bits per heavy atom. The molecule has 2 heterocycles. The summed E-state index contributed by atoms with van der Waals surface area (Å²) in [7, 11) is 0. The van der Waals surface area contributed by atoms with Crippen LogP contribution in [0.5, 0.6) is 0 Å². The van der Waals surface area contributed by atoms with Crippen LogP contribution in [0.1, 0.15) is 44.6 Å². The van der Waals surface area contributed by atoms with E-state index in [-0.39, 0.29) is 24.2 Å². The van der Waals surface area contributed by atoms with Gasteiger partial charge in [0.05, 0.1) is 16.5 Å². The zero-order valence-electron chi connectivity index (χ0n) is 16.2. The van der Waals surface area contributed by atoms with Crippen molar-refractivity contribution in [3.8, 4) is 0 Å². The van der Waals surface area contributed by atoms with Crippen molar-refractivity contribution in [1.29, 1.82) is 0 Å². The fourth-order valence-corrected chi connectivity index (χ4v) is 4.88. The Hall–Kier alpha value is -1.92. The minimum atomic E-state index is 0. The van der Waals surface area contributed by atoms with E-state index in [1.54, 1.807) is 17.5 Å². The molecule has 1 aliphatic carbocycles. The van der Waals surface area contributed by atoms with Gasteiger partial charge in [0, 0.05) is 31.4 Å². The number of thiazole rings is 1. The molecule has 0 unspecified atom stereocenters. The van der Waals surface area contributed by atoms with Crippen LogP contribution >= 0.6 is 23.7 Å². The lowest BCUT2D eigenvalue weighted by molar-refractivity contribution is -0.122. The molecule has 1 aromatic carbocycles. The molecule has 5 nitrogen and oxygen atoms in total. The van der Waals surface area contributed by atoms with Gasteiger partial charge >= 0.3 is 0 Å². The van der Waals surface area contributed by atoms with Crippen LogP contribution in [0.2, 0.25) is 0 Å². The lowest BCUT2D eigenvalue weighted by Crippen LogP contribution is -2.36. The number of hydrogen-bond donors (Lipinski definition) is 0. The molecule has 0 spiro atoms. The minimum absolute atomic E-state index is 0. The van der Waals surface area contributed by atoms with Crippen LogP contribution in [0, 0.1) is 5.92 Å². The third-order valence-electron chi connectivity index (χ3n) is 5.41. The number of anilines is 1. The quantitative estimate of drug-likeness (QED) is 0.536. The van der Waals surface area contributed by atoms with Gasteiger partial charge < -0.3 is 4.57 Å². The first-order valence-corrected chi connectivity index (χ1v) is 10.7. The highest BCUT2D eigenvalue weighted by Gasteiger charge is 2.29. The molecule has 0 radical (unpaired) electrons. The summed E-state index contributed by atoms with van der Waals surface area (Å²) in [6, 6.07) is 6.42. The second-order valence-corrected chi connectivity index (χ2v) is 8.29. The highest BCUT2D eigenvalue weighted by atomic mass is 35.5. The van der Waals surface area contributed by atoms with Gasteiger partial charge in [-0.1, -0.05) is 37.2 Å². The van der Waals surface area contributed by atoms with E-state index >= 15 is 0 Å². The van der Waals surface area contributed by atoms with Crippen molar-refractivity contribution in [1.82, 2.24) is 14.5 Å². The molecule has 150 valence electrons. The Morgan fingerprint density at radius 1 is 1.32 bits per heavy atom. The number of halogens is 1. The number of imidazole rings is 1. The van der Waals surface area contributed by atoms with Gasteiger partial charge in [-0.2, -0.15) is 0 Å². The number of carbonyl (C=O) groups excluding carboxylic acids is 1. The summed E-state index contributed by atoms with van der Waals surface area (Å²) in [5.74, 6) is 0.421. The lowest BCUT2D eigenvalue weighted by atomic mass is 10.1. The molecule has 1 aliphatic rings. The molecule has 3 aromatic rings. The number of aromatic nitrogens is 3. The van der Waals surface area contributed by atoms with Crippen LogP contribution in [0.15, 0.2) is 36.9 Å². The minimum Gasteiger partial charge on any atom is -0.337 e. The van der Waals surface area contributed by atoms with E-state index in [1.165, 1.54) is 23.1 Å². The van der Waals surface area contributed by atoms with Gasteiger partial charge in [0.25, 0.3) is 0 Å². The number of amides is 1. The third kappa shape index (κ3) is 4.55. The topological polar surface area (TPSA) is 51.0 Å². The van der Waals surface area contributed by atoms with E-state index in [0.717, 1.165) is 42.9 Å². The molecular formula is C21H27ClN4OS. The highest BCUT2D eigenvalue weighted by Crippen LogP contribution is 2.33. The molecule has 4 rings (SSSR count). The fraction of sp³-hybridized carbons (Fsp3) is 0.476. The van der Waals surface area contributed by atoms with Crippen LogP contribution in [0.25, 0.3) is 10.2 Å². The SMILES string of the molecule is CCc1ccc2nc(N(CCCn3ccnc3)C(=O)C3CCCC3)sc2c1.Cl. The molecular weight excluding hydrogens is 392 g/mol. The average molecular weight is 419 g/mol. The first-order chi connectivity index (χ1) is 13.2. The molecule has 7 heteroatoms. The van der Waals surface area contributed by atoms with Crippen molar-refractivity contribution >= 4 is 45.0 Å². The monoisotopic (exact) mass is 418 g/mol. The predicted octanol–water partition coefficient (Wildman–Crippen LogP) is 5.09. The van der Waals surface area contributed by atoms with Crippen molar-refractivity contribution in [2.75, 3.05) is 11.4 Å². The largest absolute Gasteiger partial charge is 0.337 e. The Bertz CT molecular complexity index is 902. The Balaban J connectivity index is 0.00000225. The van der Waals surface area contributed by atoms with E-state index in [9.17, 15) is 4.79 Å². The van der Waals surface area contributed by atoms with Crippen LogP contribution in [-0.4, -0.2) is 27.0 Å². The smallest absolute Gasteiger partial charge is 0.231 e. The van der Waals surface area contributed by atoms with Crippen LogP contribution in [-0.2, 0) is 17.8 Å². The second-order valence-electron chi connectivity index (χ2n) is 7.28. The van der Waals surface area contributed by atoms with Crippen LogP contribution in [0.3, 0.4) is 0 Å². The number of carbonyl (C=O) groups is 1. The van der Waals surface area contributed by atoms with E-state index in [2.05, 4.69) is 34.7 Å². The first kappa shape index (κ1) is 20.8. The highest BCUT2D eigenvalue weighted by molar-refractivity contribution is 7.22. The molecule has 0 atom stereocenters. The third-order valence-corrected chi connectivity index (χ3v) is 6.45. The van der Waals surface area contributed by atoms with Crippen LogP contribution in [0.4, 0.5) is 5.13 Å². The van der Waals surface area contributed by atoms with Crippen molar-refractivity contribution in [2.24, 2.45) is 5.92 Å². The lowest BCUT2D eigenvalue weighted by Gasteiger charge is -2.23. The Labute approximate surface area is 176 Å². The molecule has 1 fully saturated rings. The summed E-state index contributed by atoms with van der Waals surface area (Å²) in [5.41, 5.74) is 2.30. The first-order valence-electron chi connectivity index (χ1n) is 9.91. The molecule has 0 bridgehead atoms. The Kier molecular flexibility index (Phi) is 7.08. The molecule has 0 saturated heterocycles. The fourth-order valence-electron chi connectivity index (χ4n) is 3.82. The van der Waals surface area contributed by atoms with Crippen molar-refractivity contribution in [3.05, 3.63) is 42.5 Å². The summed E-state index contributed by atoms with van der Waals surface area (Å²) >= 11 is 1.64. The zero-order valence-corrected chi connectivity index (χ0v) is 17.8. The number of aryl methyl sites for hydroxylation is 2. The maximum atomic E-state index is 13.2. The Morgan fingerprint density at radius 3 is 2.86 bits per heavy atom. The van der Waals surface area contributed by atoms with E-state index in [1.807, 2.05) is 17.4 Å². The van der Waals surface area contributed by atoms with E-state index in [4.69, 9.17) is 4.98 Å². The number of benzene rings is 1. The maximum Gasteiger partial charge on any atom is 0.231 e. The molecule has 2 aromatic heterocycles. The molecule has 1 amide bonds. The summed E-state index contributed by atoms with van der Waals surface area (Å²) in [4.78, 5) is 24.1. The average Bonchev–Trinajstić information content (AvgIpc) is 3.45. The summed E-state index contributed by atoms with van der Waals surface area (Å²) < 4.78 is 3.23. The number of rotatable bonds is 7.